The number of carboxylic acids is 1. The maximum Gasteiger partial charge on any atom is 0.270 e. The molecule has 0 spiro atoms. The minimum Gasteiger partial charge on any atom is -0.548 e. The fourth-order valence-electron chi connectivity index (χ4n) is 3.45. The summed E-state index contributed by atoms with van der Waals surface area (Å²) in [5.41, 5.74) is 2.76. The van der Waals surface area contributed by atoms with Crippen molar-refractivity contribution in [1.82, 2.24) is 20.3 Å². The lowest BCUT2D eigenvalue weighted by molar-refractivity contribution is -0.308. The number of aliphatic carboxylic acids is 1. The maximum absolute atomic E-state index is 12.3. The van der Waals surface area contributed by atoms with Gasteiger partial charge < -0.3 is 25.2 Å². The zero-order chi connectivity index (χ0) is 21.1. The summed E-state index contributed by atoms with van der Waals surface area (Å²) in [5.74, 6) is -1.85. The molecule has 0 radical (unpaired) electrons. The first-order valence-electron chi connectivity index (χ1n) is 9.54. The molecule has 0 aliphatic rings. The molecule has 1 amide bonds. The van der Waals surface area contributed by atoms with Crippen molar-refractivity contribution in [2.75, 3.05) is 0 Å². The third-order valence-corrected chi connectivity index (χ3v) is 4.98. The fraction of sp³-hybridized carbons (Fsp3) is 0.182. The number of hydrogen-bond donors (Lipinski definition) is 3. The quantitative estimate of drug-likeness (QED) is 0.420. The first kappa shape index (κ1) is 19.4. The Morgan fingerprint density at radius 2 is 1.80 bits per heavy atom. The van der Waals surface area contributed by atoms with E-state index in [-0.39, 0.29) is 30.5 Å². The number of para-hydroxylation sites is 3. The summed E-state index contributed by atoms with van der Waals surface area (Å²) < 4.78 is 0. The minimum absolute atomic E-state index is 0.0634. The molecule has 2 aromatic heterocycles. The van der Waals surface area contributed by atoms with Gasteiger partial charge in [0.1, 0.15) is 5.69 Å². The number of benzene rings is 2. The number of aryl methyl sites for hydroxylation is 1. The molecule has 0 bridgehead atoms. The number of hydrogen-bond acceptors (Lipinski definition) is 5. The Balaban J connectivity index is 1.43. The Hall–Kier alpha value is -3.94. The second-order valence-electron chi connectivity index (χ2n) is 7.03. The minimum atomic E-state index is -1.37. The lowest BCUT2D eigenvalue weighted by atomic mass is 10.0. The van der Waals surface area contributed by atoms with E-state index in [1.807, 2.05) is 24.3 Å². The molecule has 30 heavy (non-hydrogen) atoms. The molecule has 4 aromatic rings. The number of aromatic amines is 2. The second kappa shape index (κ2) is 8.20. The average molecular weight is 403 g/mol. The number of fused-ring (bicyclic) bond motifs is 2. The first-order chi connectivity index (χ1) is 14.5. The van der Waals surface area contributed by atoms with Crippen molar-refractivity contribution < 1.29 is 14.7 Å². The first-order valence-corrected chi connectivity index (χ1v) is 9.54. The van der Waals surface area contributed by atoms with E-state index < -0.39 is 17.9 Å². The molecule has 8 nitrogen and oxygen atoms in total. The van der Waals surface area contributed by atoms with Gasteiger partial charge in [0, 0.05) is 36.4 Å². The van der Waals surface area contributed by atoms with E-state index in [4.69, 9.17) is 0 Å². The van der Waals surface area contributed by atoms with Crippen LogP contribution in [0.15, 0.2) is 59.5 Å². The number of carbonyl (C=O) groups is 2. The third-order valence-electron chi connectivity index (χ3n) is 4.98. The van der Waals surface area contributed by atoms with Gasteiger partial charge in [-0.3, -0.25) is 9.59 Å². The standard InChI is InChI=1S/C22H20N4O4/c27-20(10-9-18-21(28)26-17-8-4-3-7-16(17)24-18)25-19(22(29)30)11-13-12-23-15-6-2-1-5-14(13)15/h1-8,12,19,23H,9-11H2,(H,25,27)(H,26,28)(H,29,30)/p-1/t19-/m0/s1. The summed E-state index contributed by atoms with van der Waals surface area (Å²) in [5, 5.41) is 15.0. The van der Waals surface area contributed by atoms with Gasteiger partial charge in [-0.1, -0.05) is 30.3 Å². The number of nitrogens with one attached hydrogen (secondary N) is 3. The van der Waals surface area contributed by atoms with Gasteiger partial charge in [-0.05, 0) is 23.8 Å². The van der Waals surface area contributed by atoms with Crippen molar-refractivity contribution in [2.45, 2.75) is 25.3 Å². The predicted molar refractivity (Wildman–Crippen MR) is 110 cm³/mol. The summed E-state index contributed by atoms with van der Waals surface area (Å²) in [4.78, 5) is 46.2. The van der Waals surface area contributed by atoms with E-state index >= 15 is 0 Å². The van der Waals surface area contributed by atoms with E-state index in [0.717, 1.165) is 16.5 Å². The van der Waals surface area contributed by atoms with Gasteiger partial charge in [0.2, 0.25) is 5.91 Å². The summed E-state index contributed by atoms with van der Waals surface area (Å²) in [6, 6.07) is 13.4. The van der Waals surface area contributed by atoms with Crippen LogP contribution in [0.5, 0.6) is 0 Å². The number of H-pyrrole nitrogens is 2. The highest BCUT2D eigenvalue weighted by molar-refractivity contribution is 5.86. The van der Waals surface area contributed by atoms with Crippen LogP contribution in [-0.2, 0) is 22.4 Å². The normalized spacial score (nSPS) is 12.1. The molecule has 0 aliphatic heterocycles. The molecule has 1 atom stereocenters. The number of amides is 1. The smallest absolute Gasteiger partial charge is 0.270 e. The SMILES string of the molecule is O=C(CCc1nc2ccccc2[nH]c1=O)N[C@@H](Cc1c[nH]c2ccccc12)C(=O)[O-]. The number of rotatable bonds is 7. The average Bonchev–Trinajstić information content (AvgIpc) is 3.14. The van der Waals surface area contributed by atoms with Gasteiger partial charge in [0.05, 0.1) is 23.0 Å². The number of carbonyl (C=O) groups excluding carboxylic acids is 2. The molecule has 0 saturated carbocycles. The molecule has 2 heterocycles. The van der Waals surface area contributed by atoms with Crippen LogP contribution in [-0.4, -0.2) is 32.9 Å². The highest BCUT2D eigenvalue weighted by atomic mass is 16.4. The van der Waals surface area contributed by atoms with Gasteiger partial charge in [-0.15, -0.1) is 0 Å². The van der Waals surface area contributed by atoms with Crippen LogP contribution in [0.25, 0.3) is 21.9 Å². The second-order valence-corrected chi connectivity index (χ2v) is 7.03. The van der Waals surface area contributed by atoms with Gasteiger partial charge >= 0.3 is 0 Å². The van der Waals surface area contributed by atoms with E-state index in [2.05, 4.69) is 20.3 Å². The molecule has 4 rings (SSSR count). The zero-order valence-corrected chi connectivity index (χ0v) is 16.0. The van der Waals surface area contributed by atoms with Gasteiger partial charge in [0.15, 0.2) is 0 Å². The van der Waals surface area contributed by atoms with Gasteiger partial charge in [0.25, 0.3) is 5.56 Å². The maximum atomic E-state index is 12.3. The van der Waals surface area contributed by atoms with Crippen LogP contribution < -0.4 is 16.0 Å². The molecule has 152 valence electrons. The third kappa shape index (κ3) is 4.07. The number of aromatic nitrogens is 3. The lowest BCUT2D eigenvalue weighted by Crippen LogP contribution is -2.49. The van der Waals surface area contributed by atoms with Crippen LogP contribution in [0.1, 0.15) is 17.7 Å². The van der Waals surface area contributed by atoms with E-state index in [1.54, 1.807) is 30.5 Å². The Bertz CT molecular complexity index is 1290. The molecular weight excluding hydrogens is 384 g/mol. The summed E-state index contributed by atoms with van der Waals surface area (Å²) in [6.07, 6.45) is 1.85. The van der Waals surface area contributed by atoms with Crippen LogP contribution in [0.3, 0.4) is 0 Å². The van der Waals surface area contributed by atoms with Crippen LogP contribution >= 0.6 is 0 Å². The summed E-state index contributed by atoms with van der Waals surface area (Å²) in [6.45, 7) is 0. The van der Waals surface area contributed by atoms with Crippen molar-refractivity contribution in [1.29, 1.82) is 0 Å². The largest absolute Gasteiger partial charge is 0.548 e. The molecule has 0 saturated heterocycles. The van der Waals surface area contributed by atoms with Crippen LogP contribution in [0.4, 0.5) is 0 Å². The Labute approximate surface area is 171 Å². The molecule has 3 N–H and O–H groups in total. The van der Waals surface area contributed by atoms with Crippen molar-refractivity contribution >= 4 is 33.8 Å². The van der Waals surface area contributed by atoms with Crippen molar-refractivity contribution in [3.05, 3.63) is 76.3 Å². The van der Waals surface area contributed by atoms with Crippen molar-refractivity contribution in [3.63, 3.8) is 0 Å². The van der Waals surface area contributed by atoms with Crippen molar-refractivity contribution in [2.24, 2.45) is 0 Å². The highest BCUT2D eigenvalue weighted by Gasteiger charge is 2.17. The van der Waals surface area contributed by atoms with Crippen LogP contribution in [0, 0.1) is 0 Å². The molecule has 0 unspecified atom stereocenters. The zero-order valence-electron chi connectivity index (χ0n) is 16.0. The fourth-order valence-corrected chi connectivity index (χ4v) is 3.45. The lowest BCUT2D eigenvalue weighted by Gasteiger charge is -2.19. The van der Waals surface area contributed by atoms with Gasteiger partial charge in [-0.2, -0.15) is 0 Å². The Morgan fingerprint density at radius 1 is 1.07 bits per heavy atom. The van der Waals surface area contributed by atoms with E-state index in [1.165, 1.54) is 0 Å². The Morgan fingerprint density at radius 3 is 2.60 bits per heavy atom. The molecule has 8 heteroatoms. The number of carboxylic acid groups (broad SMARTS) is 1. The number of nitrogens with zero attached hydrogens (tertiary/aromatic N) is 1. The summed E-state index contributed by atoms with van der Waals surface area (Å²) in [7, 11) is 0. The van der Waals surface area contributed by atoms with Crippen LogP contribution in [0.2, 0.25) is 0 Å². The molecular formula is C22H19N4O4-. The summed E-state index contributed by atoms with van der Waals surface area (Å²) >= 11 is 0. The van der Waals surface area contributed by atoms with E-state index in [9.17, 15) is 19.5 Å². The monoisotopic (exact) mass is 403 g/mol. The van der Waals surface area contributed by atoms with E-state index in [0.29, 0.717) is 11.0 Å². The van der Waals surface area contributed by atoms with Gasteiger partial charge in [-0.25, -0.2) is 4.98 Å². The molecule has 0 aliphatic carbocycles. The predicted octanol–water partition coefficient (Wildman–Crippen LogP) is 0.814. The molecule has 2 aromatic carbocycles. The topological polar surface area (TPSA) is 131 Å². The Kier molecular flexibility index (Phi) is 5.30. The van der Waals surface area contributed by atoms with Crippen molar-refractivity contribution in [3.8, 4) is 0 Å². The highest BCUT2D eigenvalue weighted by Crippen LogP contribution is 2.19. The molecule has 0 fully saturated rings.